The second-order valence-electron chi connectivity index (χ2n) is 5.44. The Hall–Kier alpha value is -1.30. The fraction of sp³-hybridized carbons (Fsp3) is 0.684. The molecule has 4 aliphatic heterocycles. The summed E-state index contributed by atoms with van der Waals surface area (Å²) >= 11 is 0. The Balaban J connectivity index is 0.000000160. The molecule has 4 rings (SSSR count). The molecule has 138 valence electrons. The van der Waals surface area contributed by atoms with Gasteiger partial charge in [0.1, 0.15) is 13.4 Å². The van der Waals surface area contributed by atoms with Crippen molar-refractivity contribution in [3.63, 3.8) is 0 Å². The van der Waals surface area contributed by atoms with Gasteiger partial charge >= 0.3 is 0 Å². The van der Waals surface area contributed by atoms with Crippen LogP contribution in [0.5, 0.6) is 0 Å². The molecule has 2 fully saturated rings. The zero-order valence-corrected chi connectivity index (χ0v) is 14.7. The molecule has 0 amide bonds. The molecule has 24 heavy (non-hydrogen) atoms. The monoisotopic (exact) mass is 340 g/mol. The van der Waals surface area contributed by atoms with Gasteiger partial charge in [0.25, 0.3) is 0 Å². The van der Waals surface area contributed by atoms with Crippen molar-refractivity contribution in [1.82, 2.24) is 0 Å². The molecule has 0 bridgehead atoms. The topological polar surface area (TPSA) is 46.2 Å². The number of rotatable bonds is 0. The van der Waals surface area contributed by atoms with Crippen LogP contribution in [-0.2, 0) is 23.7 Å². The summed E-state index contributed by atoms with van der Waals surface area (Å²) in [4.78, 5) is 0. The first-order valence-corrected chi connectivity index (χ1v) is 8.93. The van der Waals surface area contributed by atoms with E-state index in [1.165, 1.54) is 32.1 Å². The molecule has 5 nitrogen and oxygen atoms in total. The van der Waals surface area contributed by atoms with Crippen LogP contribution in [0.3, 0.4) is 0 Å². The molecule has 4 heterocycles. The molecule has 0 radical (unpaired) electrons. The third-order valence-electron chi connectivity index (χ3n) is 3.26. The summed E-state index contributed by atoms with van der Waals surface area (Å²) in [5, 5.41) is 0. The van der Waals surface area contributed by atoms with E-state index in [0.29, 0.717) is 6.79 Å². The molecular weight excluding hydrogens is 308 g/mol. The first-order valence-electron chi connectivity index (χ1n) is 8.93. The molecule has 0 atom stereocenters. The Morgan fingerprint density at radius 2 is 1.33 bits per heavy atom. The van der Waals surface area contributed by atoms with Crippen LogP contribution in [0.4, 0.5) is 0 Å². The van der Waals surface area contributed by atoms with E-state index in [2.05, 4.69) is 0 Å². The minimum atomic E-state index is 0.500. The molecule has 5 heteroatoms. The number of allylic oxidation sites excluding steroid dienone is 3. The molecule has 2 saturated heterocycles. The lowest BCUT2D eigenvalue weighted by Crippen LogP contribution is -2.11. The van der Waals surface area contributed by atoms with E-state index in [-0.39, 0.29) is 0 Å². The van der Waals surface area contributed by atoms with Gasteiger partial charge in [0.05, 0.1) is 32.3 Å². The molecule has 0 spiro atoms. The van der Waals surface area contributed by atoms with E-state index < -0.39 is 0 Å². The number of ether oxygens (including phenoxy) is 5. The summed E-state index contributed by atoms with van der Waals surface area (Å²) in [6.45, 7) is 5.90. The van der Waals surface area contributed by atoms with Crippen LogP contribution in [0.15, 0.2) is 36.8 Å². The quantitative estimate of drug-likeness (QED) is 0.668. The highest BCUT2D eigenvalue weighted by atomic mass is 16.7. The van der Waals surface area contributed by atoms with Crippen LogP contribution in [0.2, 0.25) is 0 Å². The van der Waals surface area contributed by atoms with Crippen LogP contribution in [0.25, 0.3) is 0 Å². The van der Waals surface area contributed by atoms with Crippen LogP contribution in [-0.4, -0.2) is 46.4 Å². The first kappa shape index (κ1) is 20.7. The SMILES string of the molecule is C1=CCOC=C1.C1=COCCC1.C1CCOCC1.C1COCOC1. The van der Waals surface area contributed by atoms with Gasteiger partial charge in [-0.05, 0) is 56.8 Å². The zero-order valence-electron chi connectivity index (χ0n) is 14.7. The number of hydrogen-bond donors (Lipinski definition) is 0. The Morgan fingerprint density at radius 1 is 0.542 bits per heavy atom. The molecule has 0 aromatic heterocycles. The predicted molar refractivity (Wildman–Crippen MR) is 94.6 cm³/mol. The van der Waals surface area contributed by atoms with Gasteiger partial charge in [0.2, 0.25) is 0 Å². The van der Waals surface area contributed by atoms with Gasteiger partial charge in [0, 0.05) is 13.2 Å². The van der Waals surface area contributed by atoms with Gasteiger partial charge in [-0.3, -0.25) is 0 Å². The van der Waals surface area contributed by atoms with Crippen molar-refractivity contribution in [2.75, 3.05) is 46.4 Å². The summed E-state index contributed by atoms with van der Waals surface area (Å²) in [6.07, 6.45) is 18.6. The van der Waals surface area contributed by atoms with Gasteiger partial charge < -0.3 is 23.7 Å². The minimum absolute atomic E-state index is 0.500. The predicted octanol–water partition coefficient (Wildman–Crippen LogP) is 3.96. The molecule has 0 unspecified atom stereocenters. The Morgan fingerprint density at radius 3 is 1.50 bits per heavy atom. The molecule has 4 aliphatic rings. The van der Waals surface area contributed by atoms with Crippen LogP contribution < -0.4 is 0 Å². The fourth-order valence-electron chi connectivity index (χ4n) is 1.96. The average molecular weight is 340 g/mol. The highest BCUT2D eigenvalue weighted by molar-refractivity contribution is 5.02. The van der Waals surface area contributed by atoms with Crippen molar-refractivity contribution in [2.24, 2.45) is 0 Å². The maximum Gasteiger partial charge on any atom is 0.146 e. The molecule has 0 aromatic carbocycles. The molecule has 0 N–H and O–H groups in total. The van der Waals surface area contributed by atoms with Crippen LogP contribution in [0.1, 0.15) is 38.5 Å². The smallest absolute Gasteiger partial charge is 0.146 e. The van der Waals surface area contributed by atoms with Crippen LogP contribution >= 0.6 is 0 Å². The van der Waals surface area contributed by atoms with Gasteiger partial charge in [0.15, 0.2) is 0 Å². The Labute approximate surface area is 146 Å². The Bertz CT molecular complexity index is 276. The maximum absolute atomic E-state index is 5.07. The van der Waals surface area contributed by atoms with E-state index in [0.717, 1.165) is 46.1 Å². The lowest BCUT2D eigenvalue weighted by atomic mass is 10.2. The summed E-state index contributed by atoms with van der Waals surface area (Å²) in [7, 11) is 0. The lowest BCUT2D eigenvalue weighted by Gasteiger charge is -2.09. The van der Waals surface area contributed by atoms with Gasteiger partial charge in [-0.15, -0.1) is 0 Å². The summed E-state index contributed by atoms with van der Waals surface area (Å²) in [5.41, 5.74) is 0. The first-order chi connectivity index (χ1) is 12.0. The fourth-order valence-corrected chi connectivity index (χ4v) is 1.96. The summed E-state index contributed by atoms with van der Waals surface area (Å²) in [5.74, 6) is 0. The maximum atomic E-state index is 5.07. The van der Waals surface area contributed by atoms with Crippen molar-refractivity contribution in [1.29, 1.82) is 0 Å². The highest BCUT2D eigenvalue weighted by Crippen LogP contribution is 2.02. The highest BCUT2D eigenvalue weighted by Gasteiger charge is 1.95. The minimum Gasteiger partial charge on any atom is -0.502 e. The van der Waals surface area contributed by atoms with Crippen molar-refractivity contribution < 1.29 is 23.7 Å². The van der Waals surface area contributed by atoms with E-state index in [1.54, 1.807) is 12.5 Å². The van der Waals surface area contributed by atoms with E-state index >= 15 is 0 Å². The average Bonchev–Trinajstić information content (AvgIpc) is 2.75. The number of hydrogen-bond acceptors (Lipinski definition) is 5. The van der Waals surface area contributed by atoms with Gasteiger partial charge in [-0.1, -0.05) is 6.08 Å². The normalized spacial score (nSPS) is 21.3. The molecule has 0 saturated carbocycles. The lowest BCUT2D eigenvalue weighted by molar-refractivity contribution is -0.0963. The van der Waals surface area contributed by atoms with Crippen molar-refractivity contribution in [3.05, 3.63) is 36.8 Å². The second kappa shape index (κ2) is 18.0. The third kappa shape index (κ3) is 15.6. The zero-order chi connectivity index (χ0) is 17.0. The van der Waals surface area contributed by atoms with E-state index in [9.17, 15) is 0 Å². The molecule has 0 aliphatic carbocycles. The summed E-state index contributed by atoms with van der Waals surface area (Å²) < 4.78 is 24.5. The standard InChI is InChI=1S/C5H10O.C5H8O.C5H6O.C4H8O2/c3*1-2-4-6-5-3-1;1-2-5-4-6-3-1/h1-5H2;2,4H,1,3,5H2;1-4H,5H2;1-4H2. The van der Waals surface area contributed by atoms with Crippen molar-refractivity contribution >= 4 is 0 Å². The summed E-state index contributed by atoms with van der Waals surface area (Å²) in [6, 6.07) is 0. The van der Waals surface area contributed by atoms with Gasteiger partial charge in [-0.25, -0.2) is 0 Å². The van der Waals surface area contributed by atoms with Crippen LogP contribution in [0, 0.1) is 0 Å². The second-order valence-corrected chi connectivity index (χ2v) is 5.44. The van der Waals surface area contributed by atoms with Crippen molar-refractivity contribution in [3.8, 4) is 0 Å². The third-order valence-corrected chi connectivity index (χ3v) is 3.26. The molecule has 0 aromatic rings. The van der Waals surface area contributed by atoms with Gasteiger partial charge in [-0.2, -0.15) is 0 Å². The van der Waals surface area contributed by atoms with E-state index in [1.807, 2.05) is 24.3 Å². The van der Waals surface area contributed by atoms with Crippen molar-refractivity contribution in [2.45, 2.75) is 38.5 Å². The Kier molecular flexibility index (Phi) is 15.6. The largest absolute Gasteiger partial charge is 0.502 e. The van der Waals surface area contributed by atoms with E-state index in [4.69, 9.17) is 23.7 Å². The molecular formula is C19H32O5.